The number of aromatic nitrogens is 3. The molecule has 0 saturated heterocycles. The van der Waals surface area contributed by atoms with Crippen LogP contribution < -0.4 is 5.73 Å². The maximum atomic E-state index is 6.04. The monoisotopic (exact) mass is 274 g/mol. The number of halogens is 2. The third kappa shape index (κ3) is 2.42. The van der Waals surface area contributed by atoms with Gasteiger partial charge in [0.1, 0.15) is 5.82 Å². The number of rotatable bonds is 2. The van der Waals surface area contributed by atoms with E-state index in [1.165, 1.54) is 11.8 Å². The summed E-state index contributed by atoms with van der Waals surface area (Å²) in [6.07, 6.45) is 0. The van der Waals surface area contributed by atoms with E-state index in [2.05, 4.69) is 15.2 Å². The van der Waals surface area contributed by atoms with Gasteiger partial charge < -0.3 is 5.73 Å². The van der Waals surface area contributed by atoms with Crippen molar-refractivity contribution in [2.45, 2.75) is 17.0 Å². The number of nitrogens with one attached hydrogen (secondary N) is 1. The van der Waals surface area contributed by atoms with Crippen LogP contribution in [-0.4, -0.2) is 15.2 Å². The largest absolute Gasteiger partial charge is 0.399 e. The van der Waals surface area contributed by atoms with Crippen LogP contribution in [-0.2, 0) is 0 Å². The lowest BCUT2D eigenvalue weighted by Crippen LogP contribution is -1.87. The zero-order valence-corrected chi connectivity index (χ0v) is 10.6. The van der Waals surface area contributed by atoms with Crippen molar-refractivity contribution in [3.05, 3.63) is 28.0 Å². The molecule has 7 heteroatoms. The Kier molecular flexibility index (Phi) is 3.28. The molecular formula is C9H8Cl2N4S. The van der Waals surface area contributed by atoms with Crippen molar-refractivity contribution in [1.29, 1.82) is 0 Å². The lowest BCUT2D eigenvalue weighted by Gasteiger charge is -2.05. The number of aryl methyl sites for hydroxylation is 1. The normalized spacial score (nSPS) is 10.7. The van der Waals surface area contributed by atoms with Gasteiger partial charge >= 0.3 is 0 Å². The molecule has 84 valence electrons. The number of H-pyrrole nitrogens is 1. The van der Waals surface area contributed by atoms with Gasteiger partial charge in [0.2, 0.25) is 5.16 Å². The van der Waals surface area contributed by atoms with Gasteiger partial charge in [0.25, 0.3) is 0 Å². The second-order valence-corrected chi connectivity index (χ2v) is 4.91. The molecule has 0 spiro atoms. The molecular weight excluding hydrogens is 267 g/mol. The summed E-state index contributed by atoms with van der Waals surface area (Å²) in [5.74, 6) is 0.741. The van der Waals surface area contributed by atoms with Crippen LogP contribution in [0, 0.1) is 6.92 Å². The highest BCUT2D eigenvalue weighted by molar-refractivity contribution is 7.99. The lowest BCUT2D eigenvalue weighted by atomic mass is 10.3. The van der Waals surface area contributed by atoms with Gasteiger partial charge in [-0.25, -0.2) is 4.98 Å². The molecule has 1 heterocycles. The van der Waals surface area contributed by atoms with E-state index in [-0.39, 0.29) is 0 Å². The Labute approximate surface area is 107 Å². The SMILES string of the molecule is Cc1nc(Sc2c(Cl)cc(N)cc2Cl)n[nH]1. The molecule has 0 radical (unpaired) electrons. The molecule has 0 aliphatic heterocycles. The van der Waals surface area contributed by atoms with Crippen molar-refractivity contribution in [3.8, 4) is 0 Å². The first-order chi connectivity index (χ1) is 7.56. The fourth-order valence-electron chi connectivity index (χ4n) is 1.14. The molecule has 0 fully saturated rings. The molecule has 3 N–H and O–H groups in total. The summed E-state index contributed by atoms with van der Waals surface area (Å²) < 4.78 is 0. The van der Waals surface area contributed by atoms with E-state index >= 15 is 0 Å². The second-order valence-electron chi connectivity index (χ2n) is 3.12. The zero-order chi connectivity index (χ0) is 11.7. The highest BCUT2D eigenvalue weighted by Crippen LogP contribution is 2.38. The van der Waals surface area contributed by atoms with Crippen LogP contribution in [0.2, 0.25) is 10.0 Å². The second kappa shape index (κ2) is 4.53. The molecule has 0 unspecified atom stereocenters. The minimum absolute atomic E-state index is 0.498. The average molecular weight is 275 g/mol. The number of hydrogen-bond donors (Lipinski definition) is 2. The zero-order valence-electron chi connectivity index (χ0n) is 8.29. The van der Waals surface area contributed by atoms with Crippen LogP contribution in [0.3, 0.4) is 0 Å². The number of nitrogens with zero attached hydrogens (tertiary/aromatic N) is 2. The van der Waals surface area contributed by atoms with Crippen molar-refractivity contribution < 1.29 is 0 Å². The Morgan fingerprint density at radius 3 is 2.44 bits per heavy atom. The average Bonchev–Trinajstić information content (AvgIpc) is 2.58. The summed E-state index contributed by atoms with van der Waals surface area (Å²) in [5.41, 5.74) is 6.14. The minimum atomic E-state index is 0.498. The number of anilines is 1. The highest BCUT2D eigenvalue weighted by Gasteiger charge is 2.11. The fourth-order valence-corrected chi connectivity index (χ4v) is 2.64. The van der Waals surface area contributed by atoms with Crippen LogP contribution in [0.15, 0.2) is 22.2 Å². The molecule has 0 aliphatic carbocycles. The maximum absolute atomic E-state index is 6.04. The quantitative estimate of drug-likeness (QED) is 0.826. The molecule has 0 atom stereocenters. The molecule has 0 bridgehead atoms. The van der Waals surface area contributed by atoms with E-state index in [1.807, 2.05) is 6.92 Å². The van der Waals surface area contributed by atoms with E-state index in [0.717, 1.165) is 5.82 Å². The summed E-state index contributed by atoms with van der Waals surface area (Å²) in [5, 5.41) is 8.31. The van der Waals surface area contributed by atoms with E-state index in [9.17, 15) is 0 Å². The molecule has 16 heavy (non-hydrogen) atoms. The Morgan fingerprint density at radius 1 is 1.31 bits per heavy atom. The molecule has 0 amide bonds. The van der Waals surface area contributed by atoms with Crippen LogP contribution >= 0.6 is 35.0 Å². The summed E-state index contributed by atoms with van der Waals surface area (Å²) in [6.45, 7) is 1.82. The van der Waals surface area contributed by atoms with Gasteiger partial charge in [-0.3, -0.25) is 5.10 Å². The van der Waals surface area contributed by atoms with E-state index in [1.54, 1.807) is 12.1 Å². The van der Waals surface area contributed by atoms with Gasteiger partial charge in [-0.1, -0.05) is 23.2 Å². The van der Waals surface area contributed by atoms with Crippen LogP contribution in [0.4, 0.5) is 5.69 Å². The van der Waals surface area contributed by atoms with Gasteiger partial charge in [-0.2, -0.15) is 0 Å². The third-order valence-corrected chi connectivity index (χ3v) is 3.62. The number of hydrogen-bond acceptors (Lipinski definition) is 4. The predicted octanol–water partition coefficient (Wildman–Crippen LogP) is 3.15. The Morgan fingerprint density at radius 2 is 1.94 bits per heavy atom. The van der Waals surface area contributed by atoms with Gasteiger partial charge in [0, 0.05) is 5.69 Å². The van der Waals surface area contributed by atoms with E-state index < -0.39 is 0 Å². The Hall–Kier alpha value is -0.910. The molecule has 0 saturated carbocycles. The van der Waals surface area contributed by atoms with E-state index in [4.69, 9.17) is 28.9 Å². The number of nitrogen functional groups attached to an aromatic ring is 1. The van der Waals surface area contributed by atoms with Crippen LogP contribution in [0.1, 0.15) is 5.82 Å². The molecule has 2 aromatic rings. The maximum Gasteiger partial charge on any atom is 0.213 e. The predicted molar refractivity (Wildman–Crippen MR) is 66.1 cm³/mol. The first kappa shape index (κ1) is 11.6. The minimum Gasteiger partial charge on any atom is -0.399 e. The Bertz CT molecular complexity index is 503. The van der Waals surface area contributed by atoms with Crippen LogP contribution in [0.5, 0.6) is 0 Å². The number of nitrogens with two attached hydrogens (primary N) is 1. The molecule has 0 aliphatic rings. The lowest BCUT2D eigenvalue weighted by molar-refractivity contribution is 0.969. The fraction of sp³-hybridized carbons (Fsp3) is 0.111. The smallest absolute Gasteiger partial charge is 0.213 e. The van der Waals surface area contributed by atoms with E-state index in [0.29, 0.717) is 25.8 Å². The highest BCUT2D eigenvalue weighted by atomic mass is 35.5. The van der Waals surface area contributed by atoms with Gasteiger partial charge in [-0.15, -0.1) is 5.10 Å². The Balaban J connectivity index is 2.34. The summed E-state index contributed by atoms with van der Waals surface area (Å²) in [7, 11) is 0. The first-order valence-electron chi connectivity index (χ1n) is 4.37. The van der Waals surface area contributed by atoms with Crippen LogP contribution in [0.25, 0.3) is 0 Å². The number of benzene rings is 1. The third-order valence-electron chi connectivity index (χ3n) is 1.79. The first-order valence-corrected chi connectivity index (χ1v) is 5.95. The molecule has 2 rings (SSSR count). The number of aromatic amines is 1. The van der Waals surface area contributed by atoms with Crippen molar-refractivity contribution >= 4 is 40.7 Å². The van der Waals surface area contributed by atoms with Gasteiger partial charge in [-0.05, 0) is 30.8 Å². The molecule has 1 aromatic carbocycles. The van der Waals surface area contributed by atoms with Crippen molar-refractivity contribution in [3.63, 3.8) is 0 Å². The summed E-state index contributed by atoms with van der Waals surface area (Å²) >= 11 is 13.4. The van der Waals surface area contributed by atoms with Crippen molar-refractivity contribution in [2.75, 3.05) is 5.73 Å². The topological polar surface area (TPSA) is 67.6 Å². The molecule has 1 aromatic heterocycles. The molecule has 4 nitrogen and oxygen atoms in total. The summed E-state index contributed by atoms with van der Waals surface area (Å²) in [6, 6.07) is 3.30. The standard InChI is InChI=1S/C9H8Cl2N4S/c1-4-13-9(15-14-4)16-8-6(10)2-5(12)3-7(8)11/h2-3H,12H2,1H3,(H,13,14,15). The van der Waals surface area contributed by atoms with Crippen molar-refractivity contribution in [1.82, 2.24) is 15.2 Å². The van der Waals surface area contributed by atoms with Gasteiger partial charge in [0.15, 0.2) is 0 Å². The van der Waals surface area contributed by atoms with Gasteiger partial charge in [0.05, 0.1) is 14.9 Å². The van der Waals surface area contributed by atoms with Crippen molar-refractivity contribution in [2.24, 2.45) is 0 Å². The summed E-state index contributed by atoms with van der Waals surface area (Å²) in [4.78, 5) is 4.86.